The van der Waals surface area contributed by atoms with Gasteiger partial charge in [-0.2, -0.15) is 0 Å². The second-order valence-corrected chi connectivity index (χ2v) is 6.19. The quantitative estimate of drug-likeness (QED) is 0.856. The first-order valence-electron chi connectivity index (χ1n) is 6.73. The van der Waals surface area contributed by atoms with Gasteiger partial charge in [0.15, 0.2) is 0 Å². The molecule has 1 fully saturated rings. The Morgan fingerprint density at radius 2 is 1.89 bits per heavy atom. The van der Waals surface area contributed by atoms with Gasteiger partial charge in [0.05, 0.1) is 12.0 Å². The maximum absolute atomic E-state index is 10.9. The van der Waals surface area contributed by atoms with Crippen molar-refractivity contribution in [2.45, 2.75) is 50.5 Å². The fourth-order valence-corrected chi connectivity index (χ4v) is 2.55. The predicted molar refractivity (Wildman–Crippen MR) is 74.4 cm³/mol. The van der Waals surface area contributed by atoms with E-state index in [1.807, 2.05) is 0 Å². The van der Waals surface area contributed by atoms with Gasteiger partial charge in [-0.25, -0.2) is 0 Å². The molecule has 3 heteroatoms. The number of rotatable bonds is 6. The number of carboxylic acid groups (broad SMARTS) is 1. The second kappa shape index (κ2) is 4.97. The summed E-state index contributed by atoms with van der Waals surface area (Å²) < 4.78 is 5.43. The summed E-state index contributed by atoms with van der Waals surface area (Å²) in [5, 5.41) is 8.97. The minimum Gasteiger partial charge on any atom is -0.481 e. The molecule has 1 aromatic carbocycles. The number of methoxy groups -OCH3 is 1. The van der Waals surface area contributed by atoms with Crippen LogP contribution in [0.4, 0.5) is 0 Å². The highest BCUT2D eigenvalue weighted by atomic mass is 16.5. The van der Waals surface area contributed by atoms with E-state index in [2.05, 4.69) is 38.1 Å². The van der Waals surface area contributed by atoms with Crippen LogP contribution in [0.2, 0.25) is 0 Å². The van der Waals surface area contributed by atoms with E-state index in [1.165, 1.54) is 5.56 Å². The second-order valence-electron chi connectivity index (χ2n) is 6.19. The molecular formula is C16H22O3. The topological polar surface area (TPSA) is 46.5 Å². The van der Waals surface area contributed by atoms with Crippen LogP contribution in [0.5, 0.6) is 0 Å². The number of benzene rings is 1. The molecule has 19 heavy (non-hydrogen) atoms. The molecule has 0 spiro atoms. The number of carboxylic acids is 1. The van der Waals surface area contributed by atoms with Crippen LogP contribution in [0.25, 0.3) is 0 Å². The van der Waals surface area contributed by atoms with E-state index in [-0.39, 0.29) is 17.4 Å². The Morgan fingerprint density at radius 1 is 1.32 bits per heavy atom. The van der Waals surface area contributed by atoms with Crippen LogP contribution in [0, 0.1) is 0 Å². The zero-order chi connectivity index (χ0) is 14.1. The fourth-order valence-electron chi connectivity index (χ4n) is 2.55. The molecule has 3 nitrogen and oxygen atoms in total. The van der Waals surface area contributed by atoms with Crippen molar-refractivity contribution in [2.24, 2.45) is 0 Å². The highest BCUT2D eigenvalue weighted by Crippen LogP contribution is 2.51. The van der Waals surface area contributed by atoms with Crippen LogP contribution < -0.4 is 0 Å². The Balaban J connectivity index is 2.09. The maximum Gasteiger partial charge on any atom is 0.304 e. The number of carbonyl (C=O) groups is 1. The van der Waals surface area contributed by atoms with Crippen LogP contribution in [-0.2, 0) is 21.4 Å². The summed E-state index contributed by atoms with van der Waals surface area (Å²) in [4.78, 5) is 10.9. The van der Waals surface area contributed by atoms with Crippen molar-refractivity contribution in [1.29, 1.82) is 0 Å². The van der Waals surface area contributed by atoms with Crippen molar-refractivity contribution in [1.82, 2.24) is 0 Å². The van der Waals surface area contributed by atoms with Crippen LogP contribution in [0.1, 0.15) is 44.2 Å². The highest BCUT2D eigenvalue weighted by Gasteiger charge is 2.45. The molecule has 1 aliphatic carbocycles. The molecule has 0 unspecified atom stereocenters. The summed E-state index contributed by atoms with van der Waals surface area (Å²) in [6.45, 7) is 4.13. The molecule has 2 rings (SSSR count). The van der Waals surface area contributed by atoms with Gasteiger partial charge in [-0.1, -0.05) is 24.3 Å². The molecule has 0 atom stereocenters. The molecule has 0 heterocycles. The van der Waals surface area contributed by atoms with Gasteiger partial charge in [-0.3, -0.25) is 4.79 Å². The van der Waals surface area contributed by atoms with Gasteiger partial charge in [0.25, 0.3) is 0 Å². The zero-order valence-electron chi connectivity index (χ0n) is 11.9. The third kappa shape index (κ3) is 3.35. The van der Waals surface area contributed by atoms with Gasteiger partial charge in [0, 0.05) is 18.9 Å². The number of hydrogen-bond donors (Lipinski definition) is 1. The van der Waals surface area contributed by atoms with Crippen molar-refractivity contribution < 1.29 is 14.6 Å². The Kier molecular flexibility index (Phi) is 3.68. The summed E-state index contributed by atoms with van der Waals surface area (Å²) in [6, 6.07) is 8.35. The Bertz CT molecular complexity index is 455. The monoisotopic (exact) mass is 262 g/mol. The fraction of sp³-hybridized carbons (Fsp3) is 0.562. The van der Waals surface area contributed by atoms with Crippen LogP contribution >= 0.6 is 0 Å². The van der Waals surface area contributed by atoms with Gasteiger partial charge in [0.1, 0.15) is 0 Å². The van der Waals surface area contributed by atoms with Crippen molar-refractivity contribution in [3.05, 3.63) is 35.4 Å². The van der Waals surface area contributed by atoms with E-state index >= 15 is 0 Å². The average Bonchev–Trinajstić information content (AvgIpc) is 3.09. The standard InChI is InChI=1S/C16H22O3/c1-15(2,19-3)10-12-4-6-13(7-5-12)16(8-9-16)11-14(17)18/h4-7H,8-11H2,1-3H3,(H,17,18). The van der Waals surface area contributed by atoms with E-state index in [0.717, 1.165) is 24.8 Å². The zero-order valence-corrected chi connectivity index (χ0v) is 11.9. The van der Waals surface area contributed by atoms with Gasteiger partial charge in [-0.05, 0) is 37.8 Å². The summed E-state index contributed by atoms with van der Waals surface area (Å²) in [5.41, 5.74) is 2.12. The molecule has 1 aliphatic rings. The van der Waals surface area contributed by atoms with Crippen molar-refractivity contribution >= 4 is 5.97 Å². The molecule has 0 bridgehead atoms. The molecule has 1 N–H and O–H groups in total. The molecule has 0 aliphatic heterocycles. The average molecular weight is 262 g/mol. The molecule has 0 radical (unpaired) electrons. The van der Waals surface area contributed by atoms with Gasteiger partial charge < -0.3 is 9.84 Å². The summed E-state index contributed by atoms with van der Waals surface area (Å²) in [7, 11) is 1.72. The van der Waals surface area contributed by atoms with Crippen LogP contribution in [0.15, 0.2) is 24.3 Å². The van der Waals surface area contributed by atoms with Crippen molar-refractivity contribution in [3.63, 3.8) is 0 Å². The first-order valence-corrected chi connectivity index (χ1v) is 6.73. The van der Waals surface area contributed by atoms with Crippen molar-refractivity contribution in [3.8, 4) is 0 Å². The lowest BCUT2D eigenvalue weighted by Crippen LogP contribution is -2.25. The lowest BCUT2D eigenvalue weighted by Gasteiger charge is -2.23. The molecule has 0 saturated heterocycles. The van der Waals surface area contributed by atoms with E-state index in [1.54, 1.807) is 7.11 Å². The summed E-state index contributed by atoms with van der Waals surface area (Å²) in [5.74, 6) is -0.706. The van der Waals surface area contributed by atoms with E-state index in [4.69, 9.17) is 9.84 Å². The molecule has 0 amide bonds. The number of hydrogen-bond acceptors (Lipinski definition) is 2. The molecule has 104 valence electrons. The first-order chi connectivity index (χ1) is 8.87. The minimum atomic E-state index is -0.706. The van der Waals surface area contributed by atoms with Gasteiger partial charge >= 0.3 is 5.97 Å². The number of aliphatic carboxylic acids is 1. The maximum atomic E-state index is 10.9. The van der Waals surface area contributed by atoms with Crippen molar-refractivity contribution in [2.75, 3.05) is 7.11 Å². The van der Waals surface area contributed by atoms with Gasteiger partial charge in [-0.15, -0.1) is 0 Å². The molecule has 0 aromatic heterocycles. The Morgan fingerprint density at radius 3 is 2.32 bits per heavy atom. The predicted octanol–water partition coefficient (Wildman–Crippen LogP) is 3.16. The molecular weight excluding hydrogens is 240 g/mol. The lowest BCUT2D eigenvalue weighted by atomic mass is 9.90. The highest BCUT2D eigenvalue weighted by molar-refractivity contribution is 5.70. The smallest absolute Gasteiger partial charge is 0.304 e. The number of ether oxygens (including phenoxy) is 1. The summed E-state index contributed by atoms with van der Waals surface area (Å²) >= 11 is 0. The Labute approximate surface area is 114 Å². The van der Waals surface area contributed by atoms with Gasteiger partial charge in [0.2, 0.25) is 0 Å². The largest absolute Gasteiger partial charge is 0.481 e. The third-order valence-electron chi connectivity index (χ3n) is 4.09. The normalized spacial score (nSPS) is 17.2. The van der Waals surface area contributed by atoms with Crippen LogP contribution in [0.3, 0.4) is 0 Å². The molecule has 1 saturated carbocycles. The SMILES string of the molecule is COC(C)(C)Cc1ccc(C2(CC(=O)O)CC2)cc1. The minimum absolute atomic E-state index is 0.0961. The third-order valence-corrected chi connectivity index (χ3v) is 4.09. The van der Waals surface area contributed by atoms with E-state index in [9.17, 15) is 4.79 Å². The molecule has 1 aromatic rings. The van der Waals surface area contributed by atoms with E-state index in [0.29, 0.717) is 0 Å². The van der Waals surface area contributed by atoms with E-state index < -0.39 is 5.97 Å². The Hall–Kier alpha value is -1.35. The lowest BCUT2D eigenvalue weighted by molar-refractivity contribution is -0.137. The van der Waals surface area contributed by atoms with Crippen LogP contribution in [-0.4, -0.2) is 23.8 Å². The first kappa shape index (κ1) is 14.1. The summed E-state index contributed by atoms with van der Waals surface area (Å²) in [6.07, 6.45) is 3.08.